The van der Waals surface area contributed by atoms with Gasteiger partial charge in [-0.05, 0) is 6.42 Å². The van der Waals surface area contributed by atoms with Gasteiger partial charge in [0.25, 0.3) is 0 Å². The molecular formula is C9H14F3N3O. The average Bonchev–Trinajstić information content (AvgIpc) is 2.57. The Balaban J connectivity index is 2.75. The molecule has 0 fully saturated rings. The first kappa shape index (κ1) is 13.0. The van der Waals surface area contributed by atoms with Gasteiger partial charge < -0.3 is 9.67 Å². The summed E-state index contributed by atoms with van der Waals surface area (Å²) in [5.74, 6) is 0.599. The van der Waals surface area contributed by atoms with Gasteiger partial charge in [0, 0.05) is 13.0 Å². The molecule has 16 heavy (non-hydrogen) atoms. The van der Waals surface area contributed by atoms with E-state index in [1.54, 1.807) is 4.57 Å². The molecule has 1 aromatic heterocycles. The smallest absolute Gasteiger partial charge is 0.388 e. The standard InChI is InChI=1S/C9H14F3N3O/c1-2-5-15-7(3-4-9(10,11)12)13-14-8(15)6-16/h16H,2-6H2,1H3. The molecule has 4 nitrogen and oxygen atoms in total. The van der Waals surface area contributed by atoms with Gasteiger partial charge in [0.15, 0.2) is 5.82 Å². The van der Waals surface area contributed by atoms with E-state index in [9.17, 15) is 13.2 Å². The van der Waals surface area contributed by atoms with Crippen molar-refractivity contribution in [1.29, 1.82) is 0 Å². The topological polar surface area (TPSA) is 50.9 Å². The van der Waals surface area contributed by atoms with Crippen LogP contribution in [0.1, 0.15) is 31.4 Å². The number of aliphatic hydroxyl groups is 1. The summed E-state index contributed by atoms with van der Waals surface area (Å²) in [5, 5.41) is 16.3. The maximum absolute atomic E-state index is 12.0. The molecule has 0 radical (unpaired) electrons. The van der Waals surface area contributed by atoms with E-state index >= 15 is 0 Å². The lowest BCUT2D eigenvalue weighted by molar-refractivity contribution is -0.134. The zero-order valence-electron chi connectivity index (χ0n) is 8.96. The highest BCUT2D eigenvalue weighted by atomic mass is 19.4. The van der Waals surface area contributed by atoms with Crippen molar-refractivity contribution in [3.63, 3.8) is 0 Å². The molecule has 0 saturated carbocycles. The molecule has 0 spiro atoms. The number of alkyl halides is 3. The third-order valence-corrected chi connectivity index (χ3v) is 2.12. The second kappa shape index (κ2) is 5.29. The first-order chi connectivity index (χ1) is 7.48. The number of aryl methyl sites for hydroxylation is 1. The normalized spacial score (nSPS) is 12.1. The summed E-state index contributed by atoms with van der Waals surface area (Å²) in [6.45, 7) is 2.11. The molecule has 92 valence electrons. The molecule has 0 unspecified atom stereocenters. The summed E-state index contributed by atoms with van der Waals surface area (Å²) < 4.78 is 37.7. The number of aromatic nitrogens is 3. The van der Waals surface area contributed by atoms with Gasteiger partial charge in [0.2, 0.25) is 0 Å². The van der Waals surface area contributed by atoms with Crippen molar-refractivity contribution in [2.45, 2.75) is 45.5 Å². The van der Waals surface area contributed by atoms with Crippen LogP contribution in [0.15, 0.2) is 0 Å². The quantitative estimate of drug-likeness (QED) is 0.847. The minimum Gasteiger partial charge on any atom is -0.388 e. The van der Waals surface area contributed by atoms with E-state index in [1.165, 1.54) is 0 Å². The number of aliphatic hydroxyl groups excluding tert-OH is 1. The van der Waals surface area contributed by atoms with Crippen LogP contribution in [0.4, 0.5) is 13.2 Å². The highest BCUT2D eigenvalue weighted by molar-refractivity contribution is 4.95. The monoisotopic (exact) mass is 237 g/mol. The molecule has 1 heterocycles. The van der Waals surface area contributed by atoms with E-state index in [0.29, 0.717) is 12.4 Å². The Hall–Kier alpha value is -1.11. The molecule has 0 bridgehead atoms. The summed E-state index contributed by atoms with van der Waals surface area (Å²) in [7, 11) is 0. The summed E-state index contributed by atoms with van der Waals surface area (Å²) in [6.07, 6.45) is -4.55. The fourth-order valence-electron chi connectivity index (χ4n) is 1.41. The zero-order valence-corrected chi connectivity index (χ0v) is 8.96. The second-order valence-electron chi connectivity index (χ2n) is 3.46. The van der Waals surface area contributed by atoms with Gasteiger partial charge in [-0.1, -0.05) is 6.92 Å². The van der Waals surface area contributed by atoms with Crippen molar-refractivity contribution in [2.24, 2.45) is 0 Å². The van der Waals surface area contributed by atoms with Crippen molar-refractivity contribution >= 4 is 0 Å². The molecule has 7 heteroatoms. The number of hydrogen-bond donors (Lipinski definition) is 1. The van der Waals surface area contributed by atoms with Crippen LogP contribution in [0, 0.1) is 0 Å². The van der Waals surface area contributed by atoms with Gasteiger partial charge in [-0.3, -0.25) is 0 Å². The zero-order chi connectivity index (χ0) is 12.2. The Bertz CT molecular complexity index is 335. The first-order valence-electron chi connectivity index (χ1n) is 5.06. The molecule has 0 aliphatic heterocycles. The van der Waals surface area contributed by atoms with Crippen molar-refractivity contribution in [2.75, 3.05) is 0 Å². The molecule has 1 rings (SSSR count). The van der Waals surface area contributed by atoms with Gasteiger partial charge in [-0.15, -0.1) is 10.2 Å². The number of rotatable bonds is 5. The summed E-state index contributed by atoms with van der Waals surface area (Å²) >= 11 is 0. The predicted molar refractivity (Wildman–Crippen MR) is 50.6 cm³/mol. The van der Waals surface area contributed by atoms with Crippen LogP contribution in [0.2, 0.25) is 0 Å². The average molecular weight is 237 g/mol. The van der Waals surface area contributed by atoms with Crippen LogP contribution in [-0.2, 0) is 19.6 Å². The van der Waals surface area contributed by atoms with Crippen LogP contribution in [0.3, 0.4) is 0 Å². The fraction of sp³-hybridized carbons (Fsp3) is 0.778. The largest absolute Gasteiger partial charge is 0.389 e. The van der Waals surface area contributed by atoms with Crippen LogP contribution >= 0.6 is 0 Å². The number of nitrogens with zero attached hydrogens (tertiary/aromatic N) is 3. The fourth-order valence-corrected chi connectivity index (χ4v) is 1.41. The van der Waals surface area contributed by atoms with Gasteiger partial charge in [-0.25, -0.2) is 0 Å². The van der Waals surface area contributed by atoms with Crippen LogP contribution < -0.4 is 0 Å². The van der Waals surface area contributed by atoms with Crippen molar-refractivity contribution < 1.29 is 18.3 Å². The number of hydrogen-bond acceptors (Lipinski definition) is 3. The van der Waals surface area contributed by atoms with Crippen LogP contribution in [-0.4, -0.2) is 26.0 Å². The highest BCUT2D eigenvalue weighted by Crippen LogP contribution is 2.21. The summed E-state index contributed by atoms with van der Waals surface area (Å²) in [5.41, 5.74) is 0. The molecule has 1 N–H and O–H groups in total. The molecular weight excluding hydrogens is 223 g/mol. The third kappa shape index (κ3) is 3.48. The van der Waals surface area contributed by atoms with E-state index < -0.39 is 12.6 Å². The lowest BCUT2D eigenvalue weighted by Crippen LogP contribution is -2.13. The minimum absolute atomic E-state index is 0.198. The van der Waals surface area contributed by atoms with Crippen LogP contribution in [0.5, 0.6) is 0 Å². The Morgan fingerprint density at radius 3 is 2.38 bits per heavy atom. The molecule has 0 saturated heterocycles. The van der Waals surface area contributed by atoms with Gasteiger partial charge in [0.1, 0.15) is 12.4 Å². The molecule has 0 aliphatic carbocycles. The third-order valence-electron chi connectivity index (χ3n) is 2.12. The van der Waals surface area contributed by atoms with E-state index in [1.807, 2.05) is 6.92 Å². The predicted octanol–water partition coefficient (Wildman–Crippen LogP) is 1.68. The van der Waals surface area contributed by atoms with E-state index in [0.717, 1.165) is 6.42 Å². The van der Waals surface area contributed by atoms with E-state index in [4.69, 9.17) is 5.11 Å². The Morgan fingerprint density at radius 1 is 1.25 bits per heavy atom. The molecule has 0 aliphatic rings. The van der Waals surface area contributed by atoms with Crippen molar-refractivity contribution in [3.8, 4) is 0 Å². The molecule has 0 atom stereocenters. The maximum atomic E-state index is 12.0. The van der Waals surface area contributed by atoms with E-state index in [-0.39, 0.29) is 18.9 Å². The summed E-state index contributed by atoms with van der Waals surface area (Å²) in [6, 6.07) is 0. The van der Waals surface area contributed by atoms with Gasteiger partial charge in [0.05, 0.1) is 6.42 Å². The molecule has 0 aromatic carbocycles. The van der Waals surface area contributed by atoms with Gasteiger partial charge >= 0.3 is 6.18 Å². The van der Waals surface area contributed by atoms with Crippen LogP contribution in [0.25, 0.3) is 0 Å². The summed E-state index contributed by atoms with van der Waals surface area (Å²) in [4.78, 5) is 0. The minimum atomic E-state index is -4.19. The van der Waals surface area contributed by atoms with Crippen molar-refractivity contribution in [3.05, 3.63) is 11.6 Å². The lowest BCUT2D eigenvalue weighted by Gasteiger charge is -2.09. The second-order valence-corrected chi connectivity index (χ2v) is 3.46. The van der Waals surface area contributed by atoms with Crippen molar-refractivity contribution in [1.82, 2.24) is 14.8 Å². The van der Waals surface area contributed by atoms with Gasteiger partial charge in [-0.2, -0.15) is 13.2 Å². The SMILES string of the molecule is CCCn1c(CO)nnc1CCC(F)(F)F. The lowest BCUT2D eigenvalue weighted by atomic mass is 10.3. The Morgan fingerprint density at radius 2 is 1.88 bits per heavy atom. The first-order valence-corrected chi connectivity index (χ1v) is 5.06. The molecule has 0 amide bonds. The Kier molecular flexibility index (Phi) is 4.28. The Labute approximate surface area is 91.1 Å². The molecule has 1 aromatic rings. The number of halogens is 3. The van der Waals surface area contributed by atoms with E-state index in [2.05, 4.69) is 10.2 Å². The maximum Gasteiger partial charge on any atom is 0.389 e. The highest BCUT2D eigenvalue weighted by Gasteiger charge is 2.28.